The average Bonchev–Trinajstić information content (AvgIpc) is 2.37. The second kappa shape index (κ2) is 6.85. The molecule has 1 aromatic carbocycles. The number of nitrogens with one attached hydrogen (secondary N) is 1. The molecule has 2 rings (SSSR count). The van der Waals surface area contributed by atoms with Crippen LogP contribution in [0.5, 0.6) is 0 Å². The molecule has 0 radical (unpaired) electrons. The number of nitrogens with zero attached hydrogens (tertiary/aromatic N) is 2. The largest absolute Gasteiger partial charge is 0.369 e. The predicted octanol–water partition coefficient (Wildman–Crippen LogP) is 1.61. The first-order valence-corrected chi connectivity index (χ1v) is 7.17. The molecule has 6 heteroatoms. The summed E-state index contributed by atoms with van der Waals surface area (Å²) in [5, 5.41) is 2.85. The maximum absolute atomic E-state index is 13.2. The number of rotatable bonds is 4. The number of amides is 1. The molecule has 1 aliphatic heterocycles. The van der Waals surface area contributed by atoms with Crippen molar-refractivity contribution in [2.24, 2.45) is 0 Å². The molecule has 0 spiro atoms. The molecule has 0 aliphatic carbocycles. The Bertz CT molecular complexity index is 479. The van der Waals surface area contributed by atoms with Gasteiger partial charge in [0.25, 0.3) is 0 Å². The fraction of sp³-hybridized carbons (Fsp3) is 0.533. The Labute approximate surface area is 123 Å². The van der Waals surface area contributed by atoms with Crippen LogP contribution < -0.4 is 10.2 Å². The summed E-state index contributed by atoms with van der Waals surface area (Å²) in [7, 11) is 0. The first-order chi connectivity index (χ1) is 9.94. The molecule has 0 bridgehead atoms. The zero-order valence-electron chi connectivity index (χ0n) is 12.4. The van der Waals surface area contributed by atoms with Gasteiger partial charge in [0.15, 0.2) is 0 Å². The second-order valence-corrected chi connectivity index (χ2v) is 5.61. The van der Waals surface area contributed by atoms with E-state index in [4.69, 9.17) is 0 Å². The lowest BCUT2D eigenvalue weighted by Gasteiger charge is -2.35. The number of halogens is 2. The van der Waals surface area contributed by atoms with Crippen molar-refractivity contribution in [1.29, 1.82) is 0 Å². The lowest BCUT2D eigenvalue weighted by atomic mass is 10.2. The van der Waals surface area contributed by atoms with Gasteiger partial charge < -0.3 is 10.2 Å². The van der Waals surface area contributed by atoms with Crippen molar-refractivity contribution in [3.8, 4) is 0 Å². The van der Waals surface area contributed by atoms with Crippen LogP contribution in [0.15, 0.2) is 18.2 Å². The van der Waals surface area contributed by atoms with Gasteiger partial charge >= 0.3 is 0 Å². The van der Waals surface area contributed by atoms with Crippen molar-refractivity contribution in [3.63, 3.8) is 0 Å². The van der Waals surface area contributed by atoms with Gasteiger partial charge in [0.1, 0.15) is 11.6 Å². The lowest BCUT2D eigenvalue weighted by Crippen LogP contribution is -2.50. The van der Waals surface area contributed by atoms with Crippen LogP contribution >= 0.6 is 0 Å². The van der Waals surface area contributed by atoms with Gasteiger partial charge in [0, 0.05) is 44.0 Å². The summed E-state index contributed by atoms with van der Waals surface area (Å²) in [5.41, 5.74) is 0.554. The molecular weight excluding hydrogens is 276 g/mol. The van der Waals surface area contributed by atoms with Crippen molar-refractivity contribution >= 4 is 11.6 Å². The van der Waals surface area contributed by atoms with E-state index in [1.807, 2.05) is 23.6 Å². The average molecular weight is 297 g/mol. The van der Waals surface area contributed by atoms with E-state index in [1.165, 1.54) is 12.1 Å². The van der Waals surface area contributed by atoms with Crippen molar-refractivity contribution in [1.82, 2.24) is 10.2 Å². The third-order valence-corrected chi connectivity index (χ3v) is 3.40. The zero-order valence-corrected chi connectivity index (χ0v) is 12.4. The van der Waals surface area contributed by atoms with Crippen LogP contribution in [0.25, 0.3) is 0 Å². The van der Waals surface area contributed by atoms with Gasteiger partial charge in [-0.15, -0.1) is 0 Å². The minimum Gasteiger partial charge on any atom is -0.369 e. The van der Waals surface area contributed by atoms with E-state index in [-0.39, 0.29) is 11.9 Å². The molecule has 21 heavy (non-hydrogen) atoms. The summed E-state index contributed by atoms with van der Waals surface area (Å²) in [6, 6.07) is 3.68. The monoisotopic (exact) mass is 297 g/mol. The Morgan fingerprint density at radius 2 is 1.71 bits per heavy atom. The highest BCUT2D eigenvalue weighted by atomic mass is 19.1. The molecule has 4 nitrogen and oxygen atoms in total. The van der Waals surface area contributed by atoms with Crippen LogP contribution in [-0.4, -0.2) is 49.6 Å². The Morgan fingerprint density at radius 1 is 1.14 bits per heavy atom. The highest BCUT2D eigenvalue weighted by Crippen LogP contribution is 2.19. The molecule has 1 N–H and O–H groups in total. The molecular formula is C15H21F2N3O. The third kappa shape index (κ3) is 4.67. The lowest BCUT2D eigenvalue weighted by molar-refractivity contribution is -0.122. The Hall–Kier alpha value is -1.69. The Kier molecular flexibility index (Phi) is 5.12. The molecule has 1 fully saturated rings. The third-order valence-electron chi connectivity index (χ3n) is 3.40. The molecule has 1 aliphatic rings. The summed E-state index contributed by atoms with van der Waals surface area (Å²) >= 11 is 0. The Morgan fingerprint density at radius 3 is 2.24 bits per heavy atom. The van der Waals surface area contributed by atoms with Gasteiger partial charge in [-0.05, 0) is 26.0 Å². The molecule has 0 unspecified atom stereocenters. The quantitative estimate of drug-likeness (QED) is 0.917. The SMILES string of the molecule is CC(C)NC(=O)CN1CCN(c2cc(F)cc(F)c2)CC1. The number of benzene rings is 1. The molecule has 0 aromatic heterocycles. The smallest absolute Gasteiger partial charge is 0.234 e. The minimum atomic E-state index is -0.566. The predicted molar refractivity (Wildman–Crippen MR) is 78.3 cm³/mol. The van der Waals surface area contributed by atoms with Gasteiger partial charge in [-0.2, -0.15) is 0 Å². The normalized spacial score (nSPS) is 16.3. The molecule has 1 aromatic rings. The number of carbonyl (C=O) groups excluding carboxylic acids is 1. The maximum Gasteiger partial charge on any atom is 0.234 e. The number of carbonyl (C=O) groups is 1. The van der Waals surface area contributed by atoms with Crippen molar-refractivity contribution in [2.75, 3.05) is 37.6 Å². The standard InChI is InChI=1S/C15H21F2N3O/c1-11(2)18-15(21)10-19-3-5-20(6-4-19)14-8-12(16)7-13(17)9-14/h7-9,11H,3-6,10H2,1-2H3,(H,18,21). The first kappa shape index (κ1) is 15.7. The van der Waals surface area contributed by atoms with Crippen molar-refractivity contribution in [2.45, 2.75) is 19.9 Å². The molecule has 116 valence electrons. The fourth-order valence-electron chi connectivity index (χ4n) is 2.46. The van der Waals surface area contributed by atoms with Gasteiger partial charge in [0.05, 0.1) is 6.54 Å². The van der Waals surface area contributed by atoms with E-state index in [0.29, 0.717) is 38.4 Å². The highest BCUT2D eigenvalue weighted by molar-refractivity contribution is 5.78. The number of hydrogen-bond acceptors (Lipinski definition) is 3. The van der Waals surface area contributed by atoms with Gasteiger partial charge in [-0.1, -0.05) is 0 Å². The van der Waals surface area contributed by atoms with Crippen LogP contribution in [0.3, 0.4) is 0 Å². The van der Waals surface area contributed by atoms with E-state index in [2.05, 4.69) is 5.32 Å². The Balaban J connectivity index is 1.87. The van der Waals surface area contributed by atoms with E-state index >= 15 is 0 Å². The maximum atomic E-state index is 13.2. The fourth-order valence-corrected chi connectivity index (χ4v) is 2.46. The molecule has 0 saturated carbocycles. The van der Waals surface area contributed by atoms with Crippen LogP contribution in [0.4, 0.5) is 14.5 Å². The van der Waals surface area contributed by atoms with Crippen LogP contribution in [0.1, 0.15) is 13.8 Å². The topological polar surface area (TPSA) is 35.6 Å². The minimum absolute atomic E-state index is 0.00949. The van der Waals surface area contributed by atoms with Gasteiger partial charge in [0.2, 0.25) is 5.91 Å². The molecule has 1 amide bonds. The van der Waals surface area contributed by atoms with Crippen LogP contribution in [0, 0.1) is 11.6 Å². The van der Waals surface area contributed by atoms with Crippen molar-refractivity contribution in [3.05, 3.63) is 29.8 Å². The summed E-state index contributed by atoms with van der Waals surface area (Å²) in [4.78, 5) is 15.7. The summed E-state index contributed by atoms with van der Waals surface area (Å²) in [6.07, 6.45) is 0. The molecule has 0 atom stereocenters. The van der Waals surface area contributed by atoms with Crippen LogP contribution in [-0.2, 0) is 4.79 Å². The summed E-state index contributed by atoms with van der Waals surface area (Å²) in [6.45, 7) is 6.91. The first-order valence-electron chi connectivity index (χ1n) is 7.17. The van der Waals surface area contributed by atoms with E-state index in [0.717, 1.165) is 6.07 Å². The van der Waals surface area contributed by atoms with Crippen molar-refractivity contribution < 1.29 is 13.6 Å². The second-order valence-electron chi connectivity index (χ2n) is 5.61. The van der Waals surface area contributed by atoms with Gasteiger partial charge in [-0.25, -0.2) is 8.78 Å². The summed E-state index contributed by atoms with van der Waals surface area (Å²) in [5.74, 6) is -1.12. The van der Waals surface area contributed by atoms with E-state index in [9.17, 15) is 13.6 Å². The van der Waals surface area contributed by atoms with E-state index in [1.54, 1.807) is 0 Å². The van der Waals surface area contributed by atoms with Crippen LogP contribution in [0.2, 0.25) is 0 Å². The van der Waals surface area contributed by atoms with Gasteiger partial charge in [-0.3, -0.25) is 9.69 Å². The number of anilines is 1. The molecule has 1 saturated heterocycles. The molecule has 1 heterocycles. The highest BCUT2D eigenvalue weighted by Gasteiger charge is 2.20. The summed E-state index contributed by atoms with van der Waals surface area (Å²) < 4.78 is 26.4. The number of piperazine rings is 1. The number of hydrogen-bond donors (Lipinski definition) is 1. The zero-order chi connectivity index (χ0) is 15.4. The van der Waals surface area contributed by atoms with E-state index < -0.39 is 11.6 Å².